The van der Waals surface area contributed by atoms with Crippen LogP contribution in [-0.2, 0) is 9.59 Å². The van der Waals surface area contributed by atoms with Crippen molar-refractivity contribution < 1.29 is 28.5 Å². The van der Waals surface area contributed by atoms with Crippen LogP contribution in [0.2, 0.25) is 0 Å². The minimum Gasteiger partial charge on any atom is -0.486 e. The summed E-state index contributed by atoms with van der Waals surface area (Å²) in [6, 6.07) is 10.9. The molecule has 0 spiro atoms. The minimum absolute atomic E-state index is 0.0255. The van der Waals surface area contributed by atoms with Crippen molar-refractivity contribution in [1.29, 1.82) is 0 Å². The molecule has 2 heterocycles. The van der Waals surface area contributed by atoms with Crippen LogP contribution in [0.3, 0.4) is 0 Å². The summed E-state index contributed by atoms with van der Waals surface area (Å²) in [4.78, 5) is 24.2. The first-order chi connectivity index (χ1) is 16.5. The van der Waals surface area contributed by atoms with Crippen molar-refractivity contribution in [3.05, 3.63) is 47.5 Å². The van der Waals surface area contributed by atoms with E-state index >= 15 is 0 Å². The van der Waals surface area contributed by atoms with Crippen LogP contribution < -0.4 is 29.8 Å². The van der Waals surface area contributed by atoms with Crippen LogP contribution in [0, 0.1) is 0 Å². The topological polar surface area (TPSA) is 120 Å². The standard InChI is InChI=1S/C24H26N4O6/c1-15(17-3-5-19-21(13-17)33-11-9-31-19)25-27-23(29)7-8-24(30)28-26-16(2)18-4-6-20-22(14-18)34-12-10-32-20/h3-6,13-14H,7-12H2,1-2H3,(H,27,29)(H,28,30)/b25-15-,26-16+. The number of carbonyl (C=O) groups is 2. The van der Waals surface area contributed by atoms with Gasteiger partial charge in [0.05, 0.1) is 11.4 Å². The van der Waals surface area contributed by atoms with E-state index in [0.29, 0.717) is 60.8 Å². The molecule has 2 aromatic carbocycles. The maximum Gasteiger partial charge on any atom is 0.240 e. The molecule has 0 bridgehead atoms. The summed E-state index contributed by atoms with van der Waals surface area (Å²) in [5.41, 5.74) is 7.75. The van der Waals surface area contributed by atoms with Crippen LogP contribution in [-0.4, -0.2) is 49.7 Å². The van der Waals surface area contributed by atoms with E-state index in [1.54, 1.807) is 13.8 Å². The highest BCUT2D eigenvalue weighted by Crippen LogP contribution is 2.31. The van der Waals surface area contributed by atoms with Gasteiger partial charge in [0.15, 0.2) is 23.0 Å². The predicted octanol–water partition coefficient (Wildman–Crippen LogP) is 2.39. The summed E-state index contributed by atoms with van der Waals surface area (Å²) in [6.07, 6.45) is -0.0509. The van der Waals surface area contributed by atoms with Crippen LogP contribution in [0.25, 0.3) is 0 Å². The van der Waals surface area contributed by atoms with E-state index in [0.717, 1.165) is 11.1 Å². The number of carbonyl (C=O) groups excluding carboxylic acids is 2. The molecule has 2 amide bonds. The highest BCUT2D eigenvalue weighted by atomic mass is 16.6. The lowest BCUT2D eigenvalue weighted by atomic mass is 10.1. The second-order valence-corrected chi connectivity index (χ2v) is 7.68. The first-order valence-corrected chi connectivity index (χ1v) is 11.0. The number of fused-ring (bicyclic) bond motifs is 2. The van der Waals surface area contributed by atoms with Crippen molar-refractivity contribution in [3.8, 4) is 23.0 Å². The SMILES string of the molecule is C/C(=N/NC(=O)CCC(=O)N/N=C(\C)c1ccc2c(c1)OCCO2)c1ccc2c(c1)OCCO2. The zero-order chi connectivity index (χ0) is 23.9. The Morgan fingerprint density at radius 1 is 0.676 bits per heavy atom. The molecule has 2 aliphatic rings. The number of nitrogens with zero attached hydrogens (tertiary/aromatic N) is 2. The third kappa shape index (κ3) is 5.83. The molecule has 10 nitrogen and oxygen atoms in total. The van der Waals surface area contributed by atoms with Crippen LogP contribution in [0.4, 0.5) is 0 Å². The zero-order valence-corrected chi connectivity index (χ0v) is 19.1. The summed E-state index contributed by atoms with van der Waals surface area (Å²) in [5.74, 6) is 1.91. The summed E-state index contributed by atoms with van der Waals surface area (Å²) in [6.45, 7) is 5.57. The first-order valence-electron chi connectivity index (χ1n) is 11.0. The normalized spacial score (nSPS) is 14.9. The van der Waals surface area contributed by atoms with Crippen LogP contribution >= 0.6 is 0 Å². The van der Waals surface area contributed by atoms with Crippen LogP contribution in [0.1, 0.15) is 37.8 Å². The van der Waals surface area contributed by atoms with Crippen molar-refractivity contribution in [2.75, 3.05) is 26.4 Å². The molecule has 0 aliphatic carbocycles. The van der Waals surface area contributed by atoms with Gasteiger partial charge in [-0.25, -0.2) is 10.9 Å². The lowest BCUT2D eigenvalue weighted by Gasteiger charge is -2.18. The Morgan fingerprint density at radius 2 is 1.06 bits per heavy atom. The largest absolute Gasteiger partial charge is 0.486 e. The molecule has 0 atom stereocenters. The van der Waals surface area contributed by atoms with Gasteiger partial charge in [-0.2, -0.15) is 10.2 Å². The Labute approximate surface area is 196 Å². The van der Waals surface area contributed by atoms with E-state index in [2.05, 4.69) is 21.1 Å². The molecular weight excluding hydrogens is 440 g/mol. The van der Waals surface area contributed by atoms with Gasteiger partial charge in [0.2, 0.25) is 11.8 Å². The van der Waals surface area contributed by atoms with Crippen molar-refractivity contribution in [2.45, 2.75) is 26.7 Å². The molecule has 2 aromatic rings. The molecule has 2 N–H and O–H groups in total. The Hall–Kier alpha value is -4.08. The molecule has 10 heteroatoms. The van der Waals surface area contributed by atoms with E-state index in [1.165, 1.54) is 0 Å². The molecule has 0 saturated heterocycles. The Kier molecular flexibility index (Phi) is 7.26. The molecule has 0 radical (unpaired) electrons. The second kappa shape index (κ2) is 10.7. The maximum absolute atomic E-state index is 12.1. The lowest BCUT2D eigenvalue weighted by molar-refractivity contribution is -0.126. The summed E-state index contributed by atoms with van der Waals surface area (Å²) in [7, 11) is 0. The van der Waals surface area contributed by atoms with Gasteiger partial charge in [0.25, 0.3) is 0 Å². The Morgan fingerprint density at radius 3 is 1.47 bits per heavy atom. The van der Waals surface area contributed by atoms with E-state index in [1.807, 2.05) is 36.4 Å². The zero-order valence-electron chi connectivity index (χ0n) is 19.1. The van der Waals surface area contributed by atoms with Gasteiger partial charge in [-0.15, -0.1) is 0 Å². The molecule has 4 rings (SSSR count). The Bertz CT molecular complexity index is 1050. The first kappa shape index (κ1) is 23.1. The third-order valence-corrected chi connectivity index (χ3v) is 5.20. The smallest absolute Gasteiger partial charge is 0.240 e. The molecule has 178 valence electrons. The van der Waals surface area contributed by atoms with Crippen LogP contribution in [0.5, 0.6) is 23.0 Å². The molecule has 34 heavy (non-hydrogen) atoms. The number of benzene rings is 2. The Balaban J connectivity index is 1.24. The van der Waals surface area contributed by atoms with Gasteiger partial charge in [0.1, 0.15) is 26.4 Å². The molecule has 0 aromatic heterocycles. The summed E-state index contributed by atoms with van der Waals surface area (Å²) in [5, 5.41) is 8.22. The van der Waals surface area contributed by atoms with E-state index < -0.39 is 0 Å². The van der Waals surface area contributed by atoms with Gasteiger partial charge in [0, 0.05) is 24.0 Å². The van der Waals surface area contributed by atoms with Crippen molar-refractivity contribution in [2.24, 2.45) is 10.2 Å². The van der Waals surface area contributed by atoms with Gasteiger partial charge >= 0.3 is 0 Å². The number of amides is 2. The maximum atomic E-state index is 12.1. The fourth-order valence-corrected chi connectivity index (χ4v) is 3.30. The van der Waals surface area contributed by atoms with E-state index in [9.17, 15) is 9.59 Å². The third-order valence-electron chi connectivity index (χ3n) is 5.20. The van der Waals surface area contributed by atoms with Crippen molar-refractivity contribution in [3.63, 3.8) is 0 Å². The lowest BCUT2D eigenvalue weighted by Crippen LogP contribution is -2.24. The number of ether oxygens (including phenoxy) is 4. The number of hydrazone groups is 2. The molecular formula is C24H26N4O6. The fraction of sp³-hybridized carbons (Fsp3) is 0.333. The van der Waals surface area contributed by atoms with Gasteiger partial charge in [-0.3, -0.25) is 9.59 Å². The van der Waals surface area contributed by atoms with E-state index in [4.69, 9.17) is 18.9 Å². The number of nitrogens with one attached hydrogen (secondary N) is 2. The fourth-order valence-electron chi connectivity index (χ4n) is 3.30. The highest BCUT2D eigenvalue weighted by molar-refractivity contribution is 6.00. The number of hydrogen-bond donors (Lipinski definition) is 2. The average molecular weight is 466 g/mol. The quantitative estimate of drug-likeness (QED) is 0.478. The van der Waals surface area contributed by atoms with E-state index in [-0.39, 0.29) is 24.7 Å². The summed E-state index contributed by atoms with van der Waals surface area (Å²) >= 11 is 0. The molecule has 2 aliphatic heterocycles. The molecule has 0 fully saturated rings. The second-order valence-electron chi connectivity index (χ2n) is 7.68. The number of rotatable bonds is 7. The molecule has 0 unspecified atom stereocenters. The van der Waals surface area contributed by atoms with Gasteiger partial charge in [-0.1, -0.05) is 0 Å². The van der Waals surface area contributed by atoms with Crippen molar-refractivity contribution >= 4 is 23.2 Å². The average Bonchev–Trinajstić information content (AvgIpc) is 2.88. The summed E-state index contributed by atoms with van der Waals surface area (Å²) < 4.78 is 22.1. The predicted molar refractivity (Wildman–Crippen MR) is 125 cm³/mol. The van der Waals surface area contributed by atoms with Gasteiger partial charge in [-0.05, 0) is 50.2 Å². The minimum atomic E-state index is -0.375. The highest BCUT2D eigenvalue weighted by Gasteiger charge is 2.14. The van der Waals surface area contributed by atoms with Gasteiger partial charge < -0.3 is 18.9 Å². The monoisotopic (exact) mass is 466 g/mol. The molecule has 0 saturated carbocycles. The van der Waals surface area contributed by atoms with Crippen LogP contribution in [0.15, 0.2) is 46.6 Å². The van der Waals surface area contributed by atoms with Crippen molar-refractivity contribution in [1.82, 2.24) is 10.9 Å². The number of hydrogen-bond acceptors (Lipinski definition) is 8.